The second-order valence-electron chi connectivity index (χ2n) is 3.05. The van der Waals surface area contributed by atoms with Crippen molar-refractivity contribution in [2.75, 3.05) is 26.4 Å². The van der Waals surface area contributed by atoms with E-state index in [-0.39, 0.29) is 0 Å². The van der Waals surface area contributed by atoms with Gasteiger partial charge in [-0.05, 0) is 19.1 Å². The Balaban J connectivity index is 2.57. The van der Waals surface area contributed by atoms with E-state index in [1.165, 1.54) is 0 Å². The van der Waals surface area contributed by atoms with E-state index in [0.717, 1.165) is 11.3 Å². The first-order valence-electron chi connectivity index (χ1n) is 5.37. The first-order chi connectivity index (χ1) is 7.88. The van der Waals surface area contributed by atoms with Crippen LogP contribution in [0.15, 0.2) is 24.3 Å². The highest BCUT2D eigenvalue weighted by Crippen LogP contribution is 2.16. The number of para-hydroxylation sites is 1. The van der Waals surface area contributed by atoms with Gasteiger partial charge in [-0.2, -0.15) is 0 Å². The zero-order valence-electron chi connectivity index (χ0n) is 9.53. The van der Waals surface area contributed by atoms with Gasteiger partial charge in [-0.15, -0.1) is 0 Å². The molecule has 0 amide bonds. The monoisotopic (exact) mass is 219 g/mol. The van der Waals surface area contributed by atoms with Crippen molar-refractivity contribution in [3.05, 3.63) is 29.8 Å². The average molecular weight is 219 g/mol. The van der Waals surface area contributed by atoms with Crippen molar-refractivity contribution >= 4 is 0 Å². The molecule has 1 aromatic rings. The summed E-state index contributed by atoms with van der Waals surface area (Å²) in [7, 11) is 0. The molecule has 0 fully saturated rings. The summed E-state index contributed by atoms with van der Waals surface area (Å²) < 4.78 is 10.8. The summed E-state index contributed by atoms with van der Waals surface area (Å²) in [5.74, 6) is 6.57. The van der Waals surface area contributed by atoms with E-state index in [0.29, 0.717) is 26.4 Å². The SMILES string of the molecule is CCOCCOc1ccccc1C#CCN. The van der Waals surface area contributed by atoms with Gasteiger partial charge in [-0.1, -0.05) is 24.0 Å². The third-order valence-electron chi connectivity index (χ3n) is 1.90. The zero-order chi connectivity index (χ0) is 11.6. The maximum atomic E-state index is 5.57. The average Bonchev–Trinajstić information content (AvgIpc) is 2.33. The number of rotatable bonds is 5. The van der Waals surface area contributed by atoms with E-state index in [1.54, 1.807) is 0 Å². The van der Waals surface area contributed by atoms with Crippen LogP contribution in [0.3, 0.4) is 0 Å². The molecule has 2 N–H and O–H groups in total. The van der Waals surface area contributed by atoms with Crippen LogP contribution in [0.25, 0.3) is 0 Å². The predicted octanol–water partition coefficient (Wildman–Crippen LogP) is 1.41. The summed E-state index contributed by atoms with van der Waals surface area (Å²) in [5, 5.41) is 0. The summed E-state index contributed by atoms with van der Waals surface area (Å²) in [6.45, 7) is 4.15. The molecule has 0 unspecified atom stereocenters. The highest BCUT2D eigenvalue weighted by molar-refractivity contribution is 5.45. The fraction of sp³-hybridized carbons (Fsp3) is 0.385. The molecule has 0 atom stereocenters. The third kappa shape index (κ3) is 4.35. The van der Waals surface area contributed by atoms with Crippen molar-refractivity contribution in [3.63, 3.8) is 0 Å². The van der Waals surface area contributed by atoms with Crippen molar-refractivity contribution in [1.29, 1.82) is 0 Å². The maximum absolute atomic E-state index is 5.57. The van der Waals surface area contributed by atoms with Crippen LogP contribution in [-0.4, -0.2) is 26.4 Å². The molecule has 0 saturated carbocycles. The Kier molecular flexibility index (Phi) is 6.09. The number of nitrogens with two attached hydrogens (primary N) is 1. The van der Waals surface area contributed by atoms with Gasteiger partial charge in [-0.25, -0.2) is 0 Å². The van der Waals surface area contributed by atoms with Crippen LogP contribution in [0.4, 0.5) is 0 Å². The highest BCUT2D eigenvalue weighted by atomic mass is 16.5. The molecule has 0 aliphatic carbocycles. The molecular formula is C13H17NO2. The molecule has 3 nitrogen and oxygen atoms in total. The highest BCUT2D eigenvalue weighted by Gasteiger charge is 1.99. The molecule has 0 aliphatic heterocycles. The van der Waals surface area contributed by atoms with E-state index in [2.05, 4.69) is 11.8 Å². The van der Waals surface area contributed by atoms with E-state index in [1.807, 2.05) is 31.2 Å². The van der Waals surface area contributed by atoms with Crippen molar-refractivity contribution < 1.29 is 9.47 Å². The van der Waals surface area contributed by atoms with Crippen LogP contribution in [0.2, 0.25) is 0 Å². The lowest BCUT2D eigenvalue weighted by atomic mass is 10.2. The topological polar surface area (TPSA) is 44.5 Å². The van der Waals surface area contributed by atoms with E-state index >= 15 is 0 Å². The largest absolute Gasteiger partial charge is 0.490 e. The summed E-state index contributed by atoms with van der Waals surface area (Å²) >= 11 is 0. The Morgan fingerprint density at radius 3 is 2.81 bits per heavy atom. The van der Waals surface area contributed by atoms with Gasteiger partial charge in [0.25, 0.3) is 0 Å². The lowest BCUT2D eigenvalue weighted by Crippen LogP contribution is -2.07. The number of ether oxygens (including phenoxy) is 2. The minimum absolute atomic E-state index is 0.354. The molecule has 0 aliphatic rings. The van der Waals surface area contributed by atoms with E-state index in [4.69, 9.17) is 15.2 Å². The lowest BCUT2D eigenvalue weighted by Gasteiger charge is -2.07. The van der Waals surface area contributed by atoms with Crippen LogP contribution in [0.1, 0.15) is 12.5 Å². The third-order valence-corrected chi connectivity index (χ3v) is 1.90. The molecule has 1 aromatic carbocycles. The molecule has 16 heavy (non-hydrogen) atoms. The van der Waals surface area contributed by atoms with Gasteiger partial charge in [0.05, 0.1) is 18.7 Å². The number of benzene rings is 1. The Morgan fingerprint density at radius 2 is 2.06 bits per heavy atom. The van der Waals surface area contributed by atoms with Gasteiger partial charge in [0.2, 0.25) is 0 Å². The summed E-state index contributed by atoms with van der Waals surface area (Å²) in [6.07, 6.45) is 0. The minimum atomic E-state index is 0.354. The van der Waals surface area contributed by atoms with Gasteiger partial charge >= 0.3 is 0 Å². The smallest absolute Gasteiger partial charge is 0.135 e. The van der Waals surface area contributed by atoms with E-state index < -0.39 is 0 Å². The molecule has 0 spiro atoms. The van der Waals surface area contributed by atoms with Crippen molar-refractivity contribution in [1.82, 2.24) is 0 Å². The van der Waals surface area contributed by atoms with Crippen LogP contribution >= 0.6 is 0 Å². The molecule has 0 heterocycles. The molecular weight excluding hydrogens is 202 g/mol. The molecule has 0 bridgehead atoms. The fourth-order valence-electron chi connectivity index (χ4n) is 1.20. The molecule has 3 heteroatoms. The van der Waals surface area contributed by atoms with Crippen LogP contribution in [0, 0.1) is 11.8 Å². The second kappa shape index (κ2) is 7.75. The number of hydrogen-bond acceptors (Lipinski definition) is 3. The normalized spacial score (nSPS) is 9.38. The van der Waals surface area contributed by atoms with Gasteiger partial charge in [0.1, 0.15) is 12.4 Å². The second-order valence-corrected chi connectivity index (χ2v) is 3.05. The Bertz CT molecular complexity index is 366. The van der Waals surface area contributed by atoms with Crippen LogP contribution in [-0.2, 0) is 4.74 Å². The zero-order valence-corrected chi connectivity index (χ0v) is 9.53. The van der Waals surface area contributed by atoms with Crippen LogP contribution < -0.4 is 10.5 Å². The standard InChI is InChI=1S/C13H17NO2/c1-2-15-10-11-16-13-8-4-3-6-12(13)7-5-9-14/h3-4,6,8H,2,9-11,14H2,1H3. The molecule has 1 rings (SSSR count). The van der Waals surface area contributed by atoms with Crippen molar-refractivity contribution in [3.8, 4) is 17.6 Å². The molecule has 86 valence electrons. The molecule has 0 radical (unpaired) electrons. The summed E-state index contributed by atoms with van der Waals surface area (Å²) in [4.78, 5) is 0. The van der Waals surface area contributed by atoms with Crippen molar-refractivity contribution in [2.24, 2.45) is 5.73 Å². The molecule has 0 aromatic heterocycles. The molecule has 0 saturated heterocycles. The Morgan fingerprint density at radius 1 is 1.25 bits per heavy atom. The van der Waals surface area contributed by atoms with Crippen LogP contribution in [0.5, 0.6) is 5.75 Å². The van der Waals surface area contributed by atoms with Gasteiger partial charge < -0.3 is 15.2 Å². The van der Waals surface area contributed by atoms with Crippen molar-refractivity contribution in [2.45, 2.75) is 6.92 Å². The summed E-state index contributed by atoms with van der Waals surface area (Å²) in [5.41, 5.74) is 6.20. The summed E-state index contributed by atoms with van der Waals surface area (Å²) in [6, 6.07) is 7.66. The van der Waals surface area contributed by atoms with Gasteiger partial charge in [0.15, 0.2) is 0 Å². The predicted molar refractivity (Wildman–Crippen MR) is 64.4 cm³/mol. The first kappa shape index (κ1) is 12.6. The van der Waals surface area contributed by atoms with Gasteiger partial charge in [-0.3, -0.25) is 0 Å². The minimum Gasteiger partial charge on any atom is -0.490 e. The van der Waals surface area contributed by atoms with E-state index in [9.17, 15) is 0 Å². The quantitative estimate of drug-likeness (QED) is 0.601. The lowest BCUT2D eigenvalue weighted by molar-refractivity contribution is 0.110. The fourth-order valence-corrected chi connectivity index (χ4v) is 1.20. The number of hydrogen-bond donors (Lipinski definition) is 1. The van der Waals surface area contributed by atoms with Gasteiger partial charge in [0, 0.05) is 6.61 Å². The Labute approximate surface area is 96.6 Å². The Hall–Kier alpha value is -1.50. The maximum Gasteiger partial charge on any atom is 0.135 e. The first-order valence-corrected chi connectivity index (χ1v) is 5.37.